The van der Waals surface area contributed by atoms with E-state index in [2.05, 4.69) is 24.1 Å². The van der Waals surface area contributed by atoms with Gasteiger partial charge in [-0.1, -0.05) is 25.7 Å². The molecule has 2 rings (SSSR count). The van der Waals surface area contributed by atoms with Crippen LogP contribution in [-0.2, 0) is 0 Å². The highest BCUT2D eigenvalue weighted by atomic mass is 32.2. The molecule has 1 nitrogen and oxygen atoms in total. The minimum absolute atomic E-state index is 0.826. The highest BCUT2D eigenvalue weighted by Gasteiger charge is 2.25. The van der Waals surface area contributed by atoms with E-state index in [9.17, 15) is 0 Å². The van der Waals surface area contributed by atoms with Crippen LogP contribution in [0.15, 0.2) is 0 Å². The van der Waals surface area contributed by atoms with E-state index >= 15 is 0 Å². The molecule has 2 heteroatoms. The maximum atomic E-state index is 3.49. The van der Waals surface area contributed by atoms with Crippen LogP contribution in [0.4, 0.5) is 0 Å². The zero-order valence-electron chi connectivity index (χ0n) is 10.7. The molecule has 0 bridgehead atoms. The first-order valence-electron chi connectivity index (χ1n) is 7.19. The van der Waals surface area contributed by atoms with Gasteiger partial charge in [-0.3, -0.25) is 0 Å². The van der Waals surface area contributed by atoms with Crippen molar-refractivity contribution < 1.29 is 0 Å². The van der Waals surface area contributed by atoms with Crippen LogP contribution in [0.3, 0.4) is 0 Å². The highest BCUT2D eigenvalue weighted by molar-refractivity contribution is 7.99. The van der Waals surface area contributed by atoms with Crippen LogP contribution >= 0.6 is 11.8 Å². The molecular formula is C14H27NS. The highest BCUT2D eigenvalue weighted by Crippen LogP contribution is 2.33. The van der Waals surface area contributed by atoms with Gasteiger partial charge in [0.2, 0.25) is 0 Å². The lowest BCUT2D eigenvalue weighted by atomic mass is 10.0. The molecule has 2 atom stereocenters. The molecule has 0 saturated heterocycles. The molecular weight excluding hydrogens is 214 g/mol. The van der Waals surface area contributed by atoms with Gasteiger partial charge in [0, 0.05) is 11.3 Å². The summed E-state index contributed by atoms with van der Waals surface area (Å²) in [5.41, 5.74) is 0. The number of hydrogen-bond acceptors (Lipinski definition) is 2. The van der Waals surface area contributed by atoms with Crippen LogP contribution in [0, 0.1) is 5.92 Å². The van der Waals surface area contributed by atoms with E-state index in [0.717, 1.165) is 17.2 Å². The third kappa shape index (κ3) is 3.66. The van der Waals surface area contributed by atoms with Gasteiger partial charge < -0.3 is 5.32 Å². The van der Waals surface area contributed by atoms with Gasteiger partial charge in [-0.15, -0.1) is 0 Å². The second kappa shape index (κ2) is 6.90. The molecule has 2 aliphatic rings. The molecule has 0 heterocycles. The molecule has 2 fully saturated rings. The monoisotopic (exact) mass is 241 g/mol. The molecule has 0 aromatic heterocycles. The standard InChI is InChI=1S/C14H27NS/c1-15-14-9-5-6-12(14)10-11-16-13-7-3-2-4-8-13/h12-15H,2-11H2,1H3. The summed E-state index contributed by atoms with van der Waals surface area (Å²) in [4.78, 5) is 0. The first kappa shape index (κ1) is 12.8. The van der Waals surface area contributed by atoms with Gasteiger partial charge in [0.15, 0.2) is 0 Å². The van der Waals surface area contributed by atoms with Crippen LogP contribution in [0.1, 0.15) is 57.8 Å². The maximum absolute atomic E-state index is 3.49. The van der Waals surface area contributed by atoms with Crippen molar-refractivity contribution in [1.29, 1.82) is 0 Å². The SMILES string of the molecule is CNC1CCCC1CCSC1CCCCC1. The van der Waals surface area contributed by atoms with Crippen molar-refractivity contribution in [2.45, 2.75) is 69.1 Å². The average Bonchev–Trinajstić information content (AvgIpc) is 2.78. The summed E-state index contributed by atoms with van der Waals surface area (Å²) in [5.74, 6) is 2.38. The molecule has 0 aromatic rings. The van der Waals surface area contributed by atoms with Crippen LogP contribution in [0.2, 0.25) is 0 Å². The number of nitrogens with one attached hydrogen (secondary N) is 1. The fraction of sp³-hybridized carbons (Fsp3) is 1.00. The van der Waals surface area contributed by atoms with E-state index in [4.69, 9.17) is 0 Å². The van der Waals surface area contributed by atoms with Crippen molar-refractivity contribution in [3.05, 3.63) is 0 Å². The van der Waals surface area contributed by atoms with Crippen LogP contribution < -0.4 is 5.32 Å². The first-order chi connectivity index (χ1) is 7.90. The van der Waals surface area contributed by atoms with Gasteiger partial charge in [0.05, 0.1) is 0 Å². The summed E-state index contributed by atoms with van der Waals surface area (Å²) in [6.45, 7) is 0. The lowest BCUT2D eigenvalue weighted by Crippen LogP contribution is -2.29. The Balaban J connectivity index is 1.59. The molecule has 0 amide bonds. The summed E-state index contributed by atoms with van der Waals surface area (Å²) < 4.78 is 0. The topological polar surface area (TPSA) is 12.0 Å². The third-order valence-electron chi connectivity index (χ3n) is 4.42. The van der Waals surface area contributed by atoms with E-state index < -0.39 is 0 Å². The smallest absolute Gasteiger partial charge is 0.00926 e. The summed E-state index contributed by atoms with van der Waals surface area (Å²) in [6, 6.07) is 0.826. The first-order valence-corrected chi connectivity index (χ1v) is 8.24. The number of hydrogen-bond donors (Lipinski definition) is 1. The zero-order valence-corrected chi connectivity index (χ0v) is 11.5. The quantitative estimate of drug-likeness (QED) is 0.785. The second-order valence-corrected chi connectivity index (χ2v) is 6.91. The third-order valence-corrected chi connectivity index (χ3v) is 5.84. The Morgan fingerprint density at radius 1 is 1.00 bits per heavy atom. The molecule has 0 aliphatic heterocycles. The van der Waals surface area contributed by atoms with Crippen molar-refractivity contribution in [3.63, 3.8) is 0 Å². The van der Waals surface area contributed by atoms with Crippen LogP contribution in [0.5, 0.6) is 0 Å². The summed E-state index contributed by atoms with van der Waals surface area (Å²) in [6.07, 6.45) is 13.2. The minimum Gasteiger partial charge on any atom is -0.317 e. The Kier molecular flexibility index (Phi) is 5.51. The van der Waals surface area contributed by atoms with Gasteiger partial charge in [-0.2, -0.15) is 11.8 Å². The molecule has 16 heavy (non-hydrogen) atoms. The van der Waals surface area contributed by atoms with Gasteiger partial charge in [-0.25, -0.2) is 0 Å². The Labute approximate surface area is 105 Å². The Morgan fingerprint density at radius 3 is 2.56 bits per heavy atom. The predicted molar refractivity (Wildman–Crippen MR) is 74.1 cm³/mol. The van der Waals surface area contributed by atoms with Gasteiger partial charge >= 0.3 is 0 Å². The fourth-order valence-electron chi connectivity index (χ4n) is 3.38. The summed E-state index contributed by atoms with van der Waals surface area (Å²) in [7, 11) is 2.14. The van der Waals surface area contributed by atoms with Crippen molar-refractivity contribution in [2.75, 3.05) is 12.8 Å². The van der Waals surface area contributed by atoms with E-state index in [0.29, 0.717) is 0 Å². The molecule has 2 aliphatic carbocycles. The molecule has 0 radical (unpaired) electrons. The molecule has 1 N–H and O–H groups in total. The fourth-order valence-corrected chi connectivity index (χ4v) is 4.82. The van der Waals surface area contributed by atoms with Gasteiger partial charge in [0.25, 0.3) is 0 Å². The van der Waals surface area contributed by atoms with E-state index in [-0.39, 0.29) is 0 Å². The van der Waals surface area contributed by atoms with Gasteiger partial charge in [0.1, 0.15) is 0 Å². The molecule has 94 valence electrons. The average molecular weight is 241 g/mol. The van der Waals surface area contributed by atoms with Crippen molar-refractivity contribution in [3.8, 4) is 0 Å². The van der Waals surface area contributed by atoms with E-state index in [1.54, 1.807) is 0 Å². The Morgan fingerprint density at radius 2 is 1.81 bits per heavy atom. The molecule has 0 aromatic carbocycles. The summed E-state index contributed by atoms with van der Waals surface area (Å²) in [5, 5.41) is 4.50. The van der Waals surface area contributed by atoms with Crippen molar-refractivity contribution in [1.82, 2.24) is 5.32 Å². The maximum Gasteiger partial charge on any atom is 0.00926 e. The molecule has 0 spiro atoms. The van der Waals surface area contributed by atoms with E-state index in [1.165, 1.54) is 63.5 Å². The predicted octanol–water partition coefficient (Wildman–Crippen LogP) is 3.83. The molecule has 2 unspecified atom stereocenters. The van der Waals surface area contributed by atoms with Crippen molar-refractivity contribution in [2.24, 2.45) is 5.92 Å². The van der Waals surface area contributed by atoms with Crippen LogP contribution in [-0.4, -0.2) is 24.1 Å². The summed E-state index contributed by atoms with van der Waals surface area (Å²) >= 11 is 2.27. The Bertz CT molecular complexity index is 189. The lowest BCUT2D eigenvalue weighted by Gasteiger charge is -2.23. The minimum atomic E-state index is 0.826. The Hall–Kier alpha value is 0.310. The van der Waals surface area contributed by atoms with Gasteiger partial charge in [-0.05, 0) is 50.8 Å². The second-order valence-electron chi connectivity index (χ2n) is 5.51. The van der Waals surface area contributed by atoms with Crippen LogP contribution in [0.25, 0.3) is 0 Å². The largest absolute Gasteiger partial charge is 0.317 e. The zero-order chi connectivity index (χ0) is 11.2. The van der Waals surface area contributed by atoms with E-state index in [1.807, 2.05) is 0 Å². The lowest BCUT2D eigenvalue weighted by molar-refractivity contribution is 0.416. The molecule has 2 saturated carbocycles. The number of rotatable bonds is 5. The number of thioether (sulfide) groups is 1. The van der Waals surface area contributed by atoms with Crippen molar-refractivity contribution >= 4 is 11.8 Å². The normalized spacial score (nSPS) is 32.1.